The van der Waals surface area contributed by atoms with Crippen molar-refractivity contribution in [2.24, 2.45) is 0 Å². The molecule has 0 aliphatic carbocycles. The molecule has 2 saturated heterocycles. The number of hydrogen-bond donors (Lipinski definition) is 0. The van der Waals surface area contributed by atoms with E-state index in [1.165, 1.54) is 0 Å². The van der Waals surface area contributed by atoms with Crippen molar-refractivity contribution in [2.45, 2.75) is 0 Å². The molecule has 0 N–H and O–H groups in total. The highest BCUT2D eigenvalue weighted by molar-refractivity contribution is 6.28. The second kappa shape index (κ2) is 4.03. The van der Waals surface area contributed by atoms with Gasteiger partial charge in [0.25, 0.3) is 0 Å². The number of ether oxygens (including phenoxy) is 1. The van der Waals surface area contributed by atoms with Crippen molar-refractivity contribution in [1.82, 2.24) is 15.0 Å². The fourth-order valence-electron chi connectivity index (χ4n) is 1.63. The molecule has 0 unspecified atom stereocenters. The van der Waals surface area contributed by atoms with Gasteiger partial charge in [-0.1, -0.05) is 0 Å². The summed E-state index contributed by atoms with van der Waals surface area (Å²) in [6.07, 6.45) is 0. The fraction of sp³-hybridized carbons (Fsp3) is 0.667. The number of rotatable bonds is 2. The van der Waals surface area contributed by atoms with E-state index < -0.39 is 0 Å². The zero-order chi connectivity index (χ0) is 11.0. The molecular formula is C9H12ClN5O. The molecule has 6 nitrogen and oxygen atoms in total. The van der Waals surface area contributed by atoms with E-state index in [1.54, 1.807) is 0 Å². The van der Waals surface area contributed by atoms with E-state index in [1.807, 2.05) is 0 Å². The summed E-state index contributed by atoms with van der Waals surface area (Å²) in [5, 5.41) is 0.262. The van der Waals surface area contributed by atoms with Crippen molar-refractivity contribution in [3.63, 3.8) is 0 Å². The molecule has 0 spiro atoms. The minimum Gasteiger partial charge on any atom is -0.378 e. The molecule has 2 fully saturated rings. The predicted molar refractivity (Wildman–Crippen MR) is 60.1 cm³/mol. The average Bonchev–Trinajstić information content (AvgIpc) is 3.13. The Morgan fingerprint density at radius 3 is 2.00 bits per heavy atom. The van der Waals surface area contributed by atoms with Crippen molar-refractivity contribution in [3.8, 4) is 0 Å². The van der Waals surface area contributed by atoms with Gasteiger partial charge >= 0.3 is 0 Å². The molecule has 0 radical (unpaired) electrons. The first-order chi connectivity index (χ1) is 7.83. The zero-order valence-corrected chi connectivity index (χ0v) is 9.52. The van der Waals surface area contributed by atoms with Crippen LogP contribution in [-0.4, -0.2) is 54.3 Å². The van der Waals surface area contributed by atoms with E-state index >= 15 is 0 Å². The lowest BCUT2D eigenvalue weighted by molar-refractivity contribution is 0.122. The lowest BCUT2D eigenvalue weighted by atomic mass is 10.4. The highest BCUT2D eigenvalue weighted by atomic mass is 35.5. The van der Waals surface area contributed by atoms with Gasteiger partial charge in [-0.2, -0.15) is 15.0 Å². The Bertz CT molecular complexity index is 391. The van der Waals surface area contributed by atoms with Gasteiger partial charge in [0.05, 0.1) is 13.2 Å². The van der Waals surface area contributed by atoms with E-state index in [4.69, 9.17) is 16.3 Å². The first kappa shape index (κ1) is 10.0. The summed E-state index contributed by atoms with van der Waals surface area (Å²) in [5.41, 5.74) is 0. The predicted octanol–water partition coefficient (Wildman–Crippen LogP) is 0.182. The Morgan fingerprint density at radius 2 is 1.44 bits per heavy atom. The third-order valence-corrected chi connectivity index (χ3v) is 2.78. The van der Waals surface area contributed by atoms with Gasteiger partial charge in [-0.05, 0) is 11.6 Å². The van der Waals surface area contributed by atoms with Gasteiger partial charge in [0.2, 0.25) is 17.2 Å². The van der Waals surface area contributed by atoms with Crippen LogP contribution in [0.5, 0.6) is 0 Å². The quantitative estimate of drug-likeness (QED) is 0.689. The maximum atomic E-state index is 5.89. The first-order valence-electron chi connectivity index (χ1n) is 5.32. The van der Waals surface area contributed by atoms with Crippen molar-refractivity contribution in [1.29, 1.82) is 0 Å². The summed E-state index contributed by atoms with van der Waals surface area (Å²) in [5.74, 6) is 1.34. The number of aromatic nitrogens is 3. The molecule has 3 heterocycles. The number of halogens is 1. The molecule has 0 saturated carbocycles. The number of anilines is 2. The highest BCUT2D eigenvalue weighted by Gasteiger charge is 2.24. The lowest BCUT2D eigenvalue weighted by Crippen LogP contribution is -2.37. The Labute approximate surface area is 98.2 Å². The SMILES string of the molecule is Clc1nc(N2CCOCC2)nc(N2CC2)n1. The molecule has 1 aromatic heterocycles. The van der Waals surface area contributed by atoms with Gasteiger partial charge in [0, 0.05) is 26.2 Å². The molecule has 0 aromatic carbocycles. The maximum Gasteiger partial charge on any atom is 0.231 e. The Balaban J connectivity index is 1.86. The van der Waals surface area contributed by atoms with Crippen molar-refractivity contribution >= 4 is 23.5 Å². The van der Waals surface area contributed by atoms with E-state index in [0.717, 1.165) is 26.2 Å². The van der Waals surface area contributed by atoms with Crippen LogP contribution in [0, 0.1) is 0 Å². The largest absolute Gasteiger partial charge is 0.378 e. The first-order valence-corrected chi connectivity index (χ1v) is 5.70. The normalized spacial score (nSPS) is 20.1. The molecule has 1 aromatic rings. The van der Waals surface area contributed by atoms with Crippen LogP contribution in [0.15, 0.2) is 0 Å². The van der Waals surface area contributed by atoms with E-state index in [-0.39, 0.29) is 5.28 Å². The topological polar surface area (TPSA) is 54.1 Å². The van der Waals surface area contributed by atoms with Crippen LogP contribution in [0.3, 0.4) is 0 Å². The monoisotopic (exact) mass is 241 g/mol. The minimum atomic E-state index is 0.262. The third kappa shape index (κ3) is 2.03. The molecule has 86 valence electrons. The molecule has 2 aliphatic heterocycles. The highest BCUT2D eigenvalue weighted by Crippen LogP contribution is 2.21. The van der Waals surface area contributed by atoms with Crippen molar-refractivity contribution < 1.29 is 4.74 Å². The van der Waals surface area contributed by atoms with E-state index in [9.17, 15) is 0 Å². The van der Waals surface area contributed by atoms with Gasteiger partial charge in [-0.25, -0.2) is 0 Å². The van der Waals surface area contributed by atoms with E-state index in [2.05, 4.69) is 24.8 Å². The summed E-state index contributed by atoms with van der Waals surface area (Å²) < 4.78 is 5.29. The number of nitrogens with zero attached hydrogens (tertiary/aromatic N) is 5. The summed E-state index contributed by atoms with van der Waals surface area (Å²) in [7, 11) is 0. The molecule has 0 amide bonds. The number of morpholine rings is 1. The molecule has 7 heteroatoms. The Kier molecular flexibility index (Phi) is 2.53. The third-order valence-electron chi connectivity index (χ3n) is 2.61. The molecule has 0 bridgehead atoms. The molecular weight excluding hydrogens is 230 g/mol. The summed E-state index contributed by atoms with van der Waals surface area (Å²) >= 11 is 5.89. The Hall–Kier alpha value is -1.14. The second-order valence-electron chi connectivity index (χ2n) is 3.79. The average molecular weight is 242 g/mol. The van der Waals surface area contributed by atoms with Crippen LogP contribution in [-0.2, 0) is 4.74 Å². The summed E-state index contributed by atoms with van der Waals surface area (Å²) in [6, 6.07) is 0. The van der Waals surface area contributed by atoms with Crippen molar-refractivity contribution in [2.75, 3.05) is 49.2 Å². The smallest absolute Gasteiger partial charge is 0.231 e. The second-order valence-corrected chi connectivity index (χ2v) is 4.13. The van der Waals surface area contributed by atoms with Crippen LogP contribution in [0.1, 0.15) is 0 Å². The van der Waals surface area contributed by atoms with E-state index in [0.29, 0.717) is 25.1 Å². The van der Waals surface area contributed by atoms with Crippen molar-refractivity contribution in [3.05, 3.63) is 5.28 Å². The molecule has 3 rings (SSSR count). The molecule has 0 atom stereocenters. The fourth-order valence-corrected chi connectivity index (χ4v) is 1.78. The molecule has 16 heavy (non-hydrogen) atoms. The number of hydrogen-bond acceptors (Lipinski definition) is 6. The van der Waals surface area contributed by atoms with Crippen LogP contribution >= 0.6 is 11.6 Å². The van der Waals surface area contributed by atoms with Gasteiger partial charge in [0.1, 0.15) is 0 Å². The van der Waals surface area contributed by atoms with Crippen LogP contribution < -0.4 is 9.80 Å². The summed E-state index contributed by atoms with van der Waals surface area (Å²) in [6.45, 7) is 5.04. The van der Waals surface area contributed by atoms with Crippen LogP contribution in [0.4, 0.5) is 11.9 Å². The Morgan fingerprint density at radius 1 is 0.875 bits per heavy atom. The van der Waals surface area contributed by atoms with Gasteiger partial charge in [-0.15, -0.1) is 0 Å². The van der Waals surface area contributed by atoms with Gasteiger partial charge in [-0.3, -0.25) is 0 Å². The summed E-state index contributed by atoms with van der Waals surface area (Å²) in [4.78, 5) is 16.8. The van der Waals surface area contributed by atoms with Crippen LogP contribution in [0.2, 0.25) is 5.28 Å². The molecule has 2 aliphatic rings. The zero-order valence-electron chi connectivity index (χ0n) is 8.76. The standard InChI is InChI=1S/C9H12ClN5O/c10-7-11-8(14-1-2-14)13-9(12-7)15-3-5-16-6-4-15/h1-6H2. The van der Waals surface area contributed by atoms with Gasteiger partial charge in [0.15, 0.2) is 0 Å². The maximum absolute atomic E-state index is 5.89. The van der Waals surface area contributed by atoms with Gasteiger partial charge < -0.3 is 14.5 Å². The minimum absolute atomic E-state index is 0.262. The van der Waals surface area contributed by atoms with Crippen LogP contribution in [0.25, 0.3) is 0 Å². The lowest BCUT2D eigenvalue weighted by Gasteiger charge is -2.26.